The molecule has 0 bridgehead atoms. The third-order valence-corrected chi connectivity index (χ3v) is 3.16. The average Bonchev–Trinajstić information content (AvgIpc) is 2.31. The molecule has 1 saturated heterocycles. The van der Waals surface area contributed by atoms with Crippen LogP contribution in [0.25, 0.3) is 0 Å². The summed E-state index contributed by atoms with van der Waals surface area (Å²) in [5.74, 6) is 0. The van der Waals surface area contributed by atoms with Gasteiger partial charge in [-0.2, -0.15) is 0 Å². The van der Waals surface area contributed by atoms with E-state index >= 15 is 0 Å². The summed E-state index contributed by atoms with van der Waals surface area (Å²) in [6.45, 7) is 12.8. The van der Waals surface area contributed by atoms with Crippen molar-refractivity contribution < 1.29 is 0 Å². The number of hydrogen-bond acceptors (Lipinski definition) is 2. The van der Waals surface area contributed by atoms with Crippen molar-refractivity contribution in [1.82, 2.24) is 10.2 Å². The lowest BCUT2D eigenvalue weighted by atomic mass is 10.00. The fourth-order valence-corrected chi connectivity index (χ4v) is 2.55. The van der Waals surface area contributed by atoms with Crippen LogP contribution in [0.3, 0.4) is 0 Å². The summed E-state index contributed by atoms with van der Waals surface area (Å²) in [5.41, 5.74) is 0.311. The summed E-state index contributed by atoms with van der Waals surface area (Å²) in [5, 5.41) is 3.54. The molecule has 1 rings (SSSR count). The summed E-state index contributed by atoms with van der Waals surface area (Å²) in [6.07, 6.45) is 4.08. The van der Waals surface area contributed by atoms with E-state index in [1.807, 2.05) is 0 Å². The zero-order valence-electron chi connectivity index (χ0n) is 10.3. The van der Waals surface area contributed by atoms with Crippen molar-refractivity contribution in [1.29, 1.82) is 0 Å². The number of nitrogens with one attached hydrogen (secondary N) is 1. The molecule has 1 aliphatic heterocycles. The Bertz CT molecular complexity index is 152. The third kappa shape index (κ3) is 3.25. The Morgan fingerprint density at radius 1 is 1.29 bits per heavy atom. The maximum absolute atomic E-state index is 3.54. The Labute approximate surface area is 89.1 Å². The van der Waals surface area contributed by atoms with Gasteiger partial charge in [0, 0.05) is 18.1 Å². The van der Waals surface area contributed by atoms with Gasteiger partial charge in [-0.3, -0.25) is 4.90 Å². The molecule has 84 valence electrons. The summed E-state index contributed by atoms with van der Waals surface area (Å²) < 4.78 is 0. The van der Waals surface area contributed by atoms with E-state index in [1.165, 1.54) is 32.4 Å². The minimum Gasteiger partial charge on any atom is -0.315 e. The fraction of sp³-hybridized carbons (Fsp3) is 1.00. The lowest BCUT2D eigenvalue weighted by Crippen LogP contribution is -2.51. The Hall–Kier alpha value is -0.0800. The van der Waals surface area contributed by atoms with Crippen LogP contribution in [0, 0.1) is 0 Å². The molecule has 0 radical (unpaired) electrons. The molecule has 2 heteroatoms. The monoisotopic (exact) mass is 198 g/mol. The van der Waals surface area contributed by atoms with Gasteiger partial charge in [-0.05, 0) is 46.7 Å². The van der Waals surface area contributed by atoms with E-state index < -0.39 is 0 Å². The van der Waals surface area contributed by atoms with Gasteiger partial charge in [-0.15, -0.1) is 0 Å². The Morgan fingerprint density at radius 3 is 2.57 bits per heavy atom. The van der Waals surface area contributed by atoms with E-state index in [0.29, 0.717) is 5.54 Å². The first-order valence-electron chi connectivity index (χ1n) is 6.03. The van der Waals surface area contributed by atoms with Crippen LogP contribution in [0.15, 0.2) is 0 Å². The second-order valence-electron chi connectivity index (χ2n) is 5.31. The van der Waals surface area contributed by atoms with Crippen molar-refractivity contribution in [3.8, 4) is 0 Å². The molecule has 0 aromatic carbocycles. The van der Waals surface area contributed by atoms with Gasteiger partial charge in [-0.25, -0.2) is 0 Å². The Morgan fingerprint density at radius 2 is 2.00 bits per heavy atom. The molecule has 0 spiro atoms. The van der Waals surface area contributed by atoms with E-state index in [1.54, 1.807) is 0 Å². The second-order valence-corrected chi connectivity index (χ2v) is 5.31. The number of rotatable bonds is 2. The van der Waals surface area contributed by atoms with Crippen LogP contribution in [0.5, 0.6) is 0 Å². The molecule has 0 saturated carbocycles. The highest BCUT2D eigenvalue weighted by molar-refractivity contribution is 4.84. The number of likely N-dealkylation sites (N-methyl/N-ethyl adjacent to an activating group) is 1. The summed E-state index contributed by atoms with van der Waals surface area (Å²) >= 11 is 0. The van der Waals surface area contributed by atoms with Gasteiger partial charge in [0.2, 0.25) is 0 Å². The summed E-state index contributed by atoms with van der Waals surface area (Å²) in [7, 11) is 0. The highest BCUT2D eigenvalue weighted by Gasteiger charge is 2.27. The Balaban J connectivity index is 2.58. The summed E-state index contributed by atoms with van der Waals surface area (Å²) in [6, 6.07) is 0.738. The molecule has 1 heterocycles. The van der Waals surface area contributed by atoms with Crippen molar-refractivity contribution in [2.45, 2.75) is 58.5 Å². The molecular weight excluding hydrogens is 172 g/mol. The topological polar surface area (TPSA) is 15.3 Å². The Kier molecular flexibility index (Phi) is 4.39. The van der Waals surface area contributed by atoms with Gasteiger partial charge >= 0.3 is 0 Å². The van der Waals surface area contributed by atoms with Crippen molar-refractivity contribution in [3.63, 3.8) is 0 Å². The van der Waals surface area contributed by atoms with Gasteiger partial charge in [-0.1, -0.05) is 13.3 Å². The third-order valence-electron chi connectivity index (χ3n) is 3.16. The van der Waals surface area contributed by atoms with Crippen molar-refractivity contribution in [2.24, 2.45) is 0 Å². The van der Waals surface area contributed by atoms with Crippen LogP contribution in [0.2, 0.25) is 0 Å². The van der Waals surface area contributed by atoms with Gasteiger partial charge in [0.1, 0.15) is 0 Å². The van der Waals surface area contributed by atoms with Crippen molar-refractivity contribution in [3.05, 3.63) is 0 Å². The SMILES string of the molecule is CCN(C1CCCCNC1)C(C)(C)C. The highest BCUT2D eigenvalue weighted by atomic mass is 15.2. The maximum atomic E-state index is 3.54. The molecule has 1 fully saturated rings. The first-order chi connectivity index (χ1) is 6.55. The highest BCUT2D eigenvalue weighted by Crippen LogP contribution is 2.20. The van der Waals surface area contributed by atoms with Crippen LogP contribution in [-0.2, 0) is 0 Å². The predicted octanol–water partition coefficient (Wildman–Crippen LogP) is 2.25. The molecule has 0 aliphatic carbocycles. The van der Waals surface area contributed by atoms with Gasteiger partial charge in [0.15, 0.2) is 0 Å². The van der Waals surface area contributed by atoms with E-state index in [2.05, 4.69) is 37.9 Å². The maximum Gasteiger partial charge on any atom is 0.0225 e. The molecule has 1 aliphatic rings. The smallest absolute Gasteiger partial charge is 0.0225 e. The lowest BCUT2D eigenvalue weighted by Gasteiger charge is -2.41. The van der Waals surface area contributed by atoms with Crippen LogP contribution >= 0.6 is 0 Å². The van der Waals surface area contributed by atoms with E-state index in [4.69, 9.17) is 0 Å². The number of hydrogen-bond donors (Lipinski definition) is 1. The van der Waals surface area contributed by atoms with Crippen molar-refractivity contribution in [2.75, 3.05) is 19.6 Å². The molecule has 1 unspecified atom stereocenters. The minimum atomic E-state index is 0.311. The van der Waals surface area contributed by atoms with Crippen LogP contribution < -0.4 is 5.32 Å². The first-order valence-corrected chi connectivity index (χ1v) is 6.03. The van der Waals surface area contributed by atoms with Crippen LogP contribution in [0.4, 0.5) is 0 Å². The largest absolute Gasteiger partial charge is 0.315 e. The van der Waals surface area contributed by atoms with Gasteiger partial charge < -0.3 is 5.32 Å². The molecule has 1 atom stereocenters. The minimum absolute atomic E-state index is 0.311. The van der Waals surface area contributed by atoms with Gasteiger partial charge in [0.25, 0.3) is 0 Å². The lowest BCUT2D eigenvalue weighted by molar-refractivity contribution is 0.0851. The molecule has 0 aromatic heterocycles. The second kappa shape index (κ2) is 5.13. The van der Waals surface area contributed by atoms with E-state index in [9.17, 15) is 0 Å². The average molecular weight is 198 g/mol. The molecule has 0 amide bonds. The zero-order chi connectivity index (χ0) is 10.6. The molecule has 2 nitrogen and oxygen atoms in total. The molecule has 1 N–H and O–H groups in total. The molecule has 0 aromatic rings. The van der Waals surface area contributed by atoms with E-state index in [-0.39, 0.29) is 0 Å². The summed E-state index contributed by atoms with van der Waals surface area (Å²) in [4.78, 5) is 2.63. The quantitative estimate of drug-likeness (QED) is 0.732. The zero-order valence-corrected chi connectivity index (χ0v) is 10.3. The molecule has 14 heavy (non-hydrogen) atoms. The molecular formula is C12H26N2. The standard InChI is InChI=1S/C12H26N2/c1-5-14(12(2,3)4)11-8-6-7-9-13-10-11/h11,13H,5-10H2,1-4H3. The predicted molar refractivity (Wildman–Crippen MR) is 62.6 cm³/mol. The van der Waals surface area contributed by atoms with Crippen LogP contribution in [0.1, 0.15) is 47.0 Å². The van der Waals surface area contributed by atoms with Crippen molar-refractivity contribution >= 4 is 0 Å². The van der Waals surface area contributed by atoms with Crippen LogP contribution in [-0.4, -0.2) is 36.1 Å². The number of nitrogens with zero attached hydrogens (tertiary/aromatic N) is 1. The normalized spacial score (nSPS) is 25.1. The first kappa shape index (κ1) is 12.0. The fourth-order valence-electron chi connectivity index (χ4n) is 2.55. The van der Waals surface area contributed by atoms with Gasteiger partial charge in [0.05, 0.1) is 0 Å². The van der Waals surface area contributed by atoms with E-state index in [0.717, 1.165) is 12.6 Å².